The molecule has 0 bridgehead atoms. The average molecular weight is 335 g/mol. The second-order valence-electron chi connectivity index (χ2n) is 6.29. The smallest absolute Gasteiger partial charge is 0.165 e. The minimum atomic E-state index is -0.294. The molecule has 3 aromatic rings. The molecule has 1 aromatic heterocycles. The number of ether oxygens (including phenoxy) is 1. The number of nitrogens with zero attached hydrogens (tertiary/aromatic N) is 2. The predicted molar refractivity (Wildman–Crippen MR) is 98.2 cm³/mol. The molecular weight excluding hydrogens is 314 g/mol. The highest BCUT2D eigenvalue weighted by molar-refractivity contribution is 5.81. The van der Waals surface area contributed by atoms with Crippen molar-refractivity contribution in [1.29, 1.82) is 0 Å². The van der Waals surface area contributed by atoms with Gasteiger partial charge in [-0.25, -0.2) is 4.68 Å². The van der Waals surface area contributed by atoms with Crippen LogP contribution < -0.4 is 10.1 Å². The van der Waals surface area contributed by atoms with Gasteiger partial charge in [0.1, 0.15) is 0 Å². The van der Waals surface area contributed by atoms with Crippen LogP contribution in [0.5, 0.6) is 11.5 Å². The number of hydrogen-bond acceptors (Lipinski definition) is 4. The molecule has 0 spiro atoms. The van der Waals surface area contributed by atoms with Gasteiger partial charge in [0.25, 0.3) is 0 Å². The summed E-state index contributed by atoms with van der Waals surface area (Å²) in [6.07, 6.45) is -0.294. The van der Waals surface area contributed by atoms with E-state index in [0.29, 0.717) is 12.4 Å². The summed E-state index contributed by atoms with van der Waals surface area (Å²) in [6.45, 7) is 6.47. The van der Waals surface area contributed by atoms with Crippen molar-refractivity contribution in [3.05, 3.63) is 59.3 Å². The van der Waals surface area contributed by atoms with Crippen LogP contribution in [0.1, 0.15) is 29.9 Å². The van der Waals surface area contributed by atoms with Gasteiger partial charge in [-0.05, 0) is 38.5 Å². The van der Waals surface area contributed by atoms with E-state index in [0.717, 1.165) is 33.8 Å². The van der Waals surface area contributed by atoms with E-state index in [1.165, 1.54) is 0 Å². The van der Waals surface area contributed by atoms with Gasteiger partial charge < -0.3 is 15.2 Å². The monoisotopic (exact) mass is 335 g/mol. The van der Waals surface area contributed by atoms with Gasteiger partial charge >= 0.3 is 0 Å². The standard InChI is InChI=1S/C20H21N3O2/c1-4-25-17-10-6-9-15(19(17)24)20-21-18-12(2)7-5-8-14(18)16-11-13(3)22-23(16)20/h5-11,20-21,24H,4H2,1-3H3/t20-/m0/s1. The SMILES string of the molecule is CCOc1cccc([C@H]2Nc3c(C)cccc3-c3cc(C)nn32)c1O. The molecule has 2 N–H and O–H groups in total. The van der Waals surface area contributed by atoms with Gasteiger partial charge in [-0.1, -0.05) is 30.3 Å². The first-order valence-corrected chi connectivity index (χ1v) is 8.47. The first kappa shape index (κ1) is 15.6. The molecule has 0 saturated carbocycles. The molecule has 0 unspecified atom stereocenters. The Balaban J connectivity index is 1.90. The normalized spacial score (nSPS) is 15.2. The molecule has 1 aliphatic rings. The van der Waals surface area contributed by atoms with Crippen LogP contribution in [0.3, 0.4) is 0 Å². The molecule has 4 rings (SSSR count). The van der Waals surface area contributed by atoms with Gasteiger partial charge in [-0.15, -0.1) is 0 Å². The van der Waals surface area contributed by atoms with Gasteiger partial charge in [0, 0.05) is 16.8 Å². The van der Waals surface area contributed by atoms with Crippen molar-refractivity contribution in [2.24, 2.45) is 0 Å². The molecule has 0 fully saturated rings. The molecule has 2 aromatic carbocycles. The van der Waals surface area contributed by atoms with Crippen LogP contribution in [-0.2, 0) is 0 Å². The average Bonchev–Trinajstić information content (AvgIpc) is 2.99. The van der Waals surface area contributed by atoms with Crippen molar-refractivity contribution in [2.45, 2.75) is 26.9 Å². The van der Waals surface area contributed by atoms with Crippen molar-refractivity contribution in [3.63, 3.8) is 0 Å². The van der Waals surface area contributed by atoms with Crippen molar-refractivity contribution in [1.82, 2.24) is 9.78 Å². The quantitative estimate of drug-likeness (QED) is 0.751. The van der Waals surface area contributed by atoms with E-state index >= 15 is 0 Å². The lowest BCUT2D eigenvalue weighted by molar-refractivity contribution is 0.315. The maximum absolute atomic E-state index is 10.7. The lowest BCUT2D eigenvalue weighted by Crippen LogP contribution is -2.26. The Hall–Kier alpha value is -2.95. The highest BCUT2D eigenvalue weighted by Gasteiger charge is 2.29. The Morgan fingerprint density at radius 1 is 1.20 bits per heavy atom. The van der Waals surface area contributed by atoms with Gasteiger partial charge in [0.2, 0.25) is 0 Å². The second kappa shape index (κ2) is 5.84. The summed E-state index contributed by atoms with van der Waals surface area (Å²) < 4.78 is 7.48. The number of para-hydroxylation sites is 2. The first-order valence-electron chi connectivity index (χ1n) is 8.47. The number of hydrogen-bond donors (Lipinski definition) is 2. The molecule has 2 heterocycles. The molecule has 0 aliphatic carbocycles. The number of benzene rings is 2. The molecule has 0 radical (unpaired) electrons. The van der Waals surface area contributed by atoms with E-state index in [2.05, 4.69) is 41.6 Å². The summed E-state index contributed by atoms with van der Waals surface area (Å²) in [5.74, 6) is 0.640. The summed E-state index contributed by atoms with van der Waals surface area (Å²) in [5, 5.41) is 18.9. The predicted octanol–water partition coefficient (Wildman–Crippen LogP) is 4.24. The number of fused-ring (bicyclic) bond motifs is 3. The molecule has 0 saturated heterocycles. The minimum Gasteiger partial charge on any atom is -0.504 e. The fraction of sp³-hybridized carbons (Fsp3) is 0.250. The third-order valence-corrected chi connectivity index (χ3v) is 4.56. The van der Waals surface area contributed by atoms with Crippen LogP contribution >= 0.6 is 0 Å². The number of phenols is 1. The summed E-state index contributed by atoms with van der Waals surface area (Å²) in [6, 6.07) is 13.9. The number of aromatic nitrogens is 2. The Bertz CT molecular complexity index is 946. The third-order valence-electron chi connectivity index (χ3n) is 4.56. The summed E-state index contributed by atoms with van der Waals surface area (Å²) in [7, 11) is 0. The van der Waals surface area contributed by atoms with Crippen molar-refractivity contribution in [2.75, 3.05) is 11.9 Å². The highest BCUT2D eigenvalue weighted by Crippen LogP contribution is 2.43. The van der Waals surface area contributed by atoms with E-state index in [9.17, 15) is 5.11 Å². The van der Waals surface area contributed by atoms with Crippen LogP contribution in [0.2, 0.25) is 0 Å². The van der Waals surface area contributed by atoms with E-state index in [4.69, 9.17) is 4.74 Å². The molecule has 5 nitrogen and oxygen atoms in total. The number of phenolic OH excluding ortho intramolecular Hbond substituents is 1. The van der Waals surface area contributed by atoms with Gasteiger partial charge in [0.15, 0.2) is 17.7 Å². The molecular formula is C20H21N3O2. The van der Waals surface area contributed by atoms with Crippen LogP contribution in [0.15, 0.2) is 42.5 Å². The van der Waals surface area contributed by atoms with Crippen molar-refractivity contribution in [3.8, 4) is 22.8 Å². The third kappa shape index (κ3) is 2.43. The van der Waals surface area contributed by atoms with Gasteiger partial charge in [-0.3, -0.25) is 0 Å². The van der Waals surface area contributed by atoms with Crippen molar-refractivity contribution < 1.29 is 9.84 Å². The zero-order chi connectivity index (χ0) is 17.6. The fourth-order valence-electron chi connectivity index (χ4n) is 3.43. The Morgan fingerprint density at radius 3 is 2.80 bits per heavy atom. The fourth-order valence-corrected chi connectivity index (χ4v) is 3.43. The lowest BCUT2D eigenvalue weighted by atomic mass is 10.00. The van der Waals surface area contributed by atoms with E-state index < -0.39 is 0 Å². The topological polar surface area (TPSA) is 59.3 Å². The molecule has 0 amide bonds. The lowest BCUT2D eigenvalue weighted by Gasteiger charge is -2.31. The molecule has 128 valence electrons. The summed E-state index contributed by atoms with van der Waals surface area (Å²) in [4.78, 5) is 0. The summed E-state index contributed by atoms with van der Waals surface area (Å²) >= 11 is 0. The molecule has 25 heavy (non-hydrogen) atoms. The van der Waals surface area contributed by atoms with Gasteiger partial charge in [-0.2, -0.15) is 5.10 Å². The van der Waals surface area contributed by atoms with Crippen LogP contribution in [0.4, 0.5) is 5.69 Å². The number of nitrogens with one attached hydrogen (secondary N) is 1. The van der Waals surface area contributed by atoms with E-state index in [-0.39, 0.29) is 11.9 Å². The van der Waals surface area contributed by atoms with E-state index in [1.807, 2.05) is 30.7 Å². The maximum Gasteiger partial charge on any atom is 0.165 e. The van der Waals surface area contributed by atoms with Crippen LogP contribution in [0, 0.1) is 13.8 Å². The largest absolute Gasteiger partial charge is 0.504 e. The number of anilines is 1. The highest BCUT2D eigenvalue weighted by atomic mass is 16.5. The summed E-state index contributed by atoms with van der Waals surface area (Å²) in [5.41, 5.74) is 6.08. The van der Waals surface area contributed by atoms with Crippen LogP contribution in [0.25, 0.3) is 11.3 Å². The number of aromatic hydroxyl groups is 1. The zero-order valence-electron chi connectivity index (χ0n) is 14.6. The Labute approximate surface area is 146 Å². The number of aryl methyl sites for hydroxylation is 2. The molecule has 1 atom stereocenters. The Morgan fingerprint density at radius 2 is 2.00 bits per heavy atom. The zero-order valence-corrected chi connectivity index (χ0v) is 14.6. The van der Waals surface area contributed by atoms with Crippen LogP contribution in [-0.4, -0.2) is 21.5 Å². The maximum atomic E-state index is 10.7. The molecule has 5 heteroatoms. The molecule has 1 aliphatic heterocycles. The first-order chi connectivity index (χ1) is 12.1. The van der Waals surface area contributed by atoms with E-state index in [1.54, 1.807) is 6.07 Å². The minimum absolute atomic E-state index is 0.151. The second-order valence-corrected chi connectivity index (χ2v) is 6.29. The number of rotatable bonds is 3. The van der Waals surface area contributed by atoms with Gasteiger partial charge in [0.05, 0.1) is 18.0 Å². The van der Waals surface area contributed by atoms with Crippen molar-refractivity contribution >= 4 is 5.69 Å². The Kier molecular flexibility index (Phi) is 3.64.